The Kier molecular flexibility index (Phi) is 8.79. The van der Waals surface area contributed by atoms with E-state index in [0.717, 1.165) is 0 Å². The van der Waals surface area contributed by atoms with E-state index in [1.54, 1.807) is 0 Å². The molecule has 0 bridgehead atoms. The molecule has 0 heterocycles. The van der Waals surface area contributed by atoms with Gasteiger partial charge >= 0.3 is 8.60 Å². The van der Waals surface area contributed by atoms with Crippen LogP contribution in [0.5, 0.6) is 0 Å². The first-order chi connectivity index (χ1) is 9.89. The fourth-order valence-electron chi connectivity index (χ4n) is 2.33. The molecule has 3 N–H and O–H groups in total. The lowest BCUT2D eigenvalue weighted by Gasteiger charge is -2.27. The Hall–Kier alpha value is -0.470. The standard InChI is InChI=1S/C18H30.H3O3P/c1-8-9-10-14-11-12-15(17(2,3)4)13-16(14)18(5,6)7;1-4(2)3/h11-13H,8-10H2,1-7H3;1-3H. The van der Waals surface area contributed by atoms with E-state index < -0.39 is 8.60 Å². The summed E-state index contributed by atoms with van der Waals surface area (Å²) in [5.41, 5.74) is 5.00. The van der Waals surface area contributed by atoms with Crippen LogP contribution in [0.15, 0.2) is 18.2 Å². The second-order valence-corrected chi connectivity index (χ2v) is 8.28. The Morgan fingerprint density at radius 3 is 1.77 bits per heavy atom. The molecule has 0 aliphatic heterocycles. The molecule has 0 saturated heterocycles. The van der Waals surface area contributed by atoms with Crippen molar-refractivity contribution in [3.8, 4) is 0 Å². The zero-order valence-electron chi connectivity index (χ0n) is 15.1. The molecule has 22 heavy (non-hydrogen) atoms. The Morgan fingerprint density at radius 1 is 0.909 bits per heavy atom. The molecule has 0 amide bonds. The molecule has 0 spiro atoms. The molecule has 1 aromatic rings. The first kappa shape index (κ1) is 21.5. The van der Waals surface area contributed by atoms with E-state index >= 15 is 0 Å². The van der Waals surface area contributed by atoms with Crippen molar-refractivity contribution in [3.05, 3.63) is 34.9 Å². The van der Waals surface area contributed by atoms with Crippen molar-refractivity contribution < 1.29 is 14.7 Å². The van der Waals surface area contributed by atoms with Gasteiger partial charge in [0.25, 0.3) is 0 Å². The van der Waals surface area contributed by atoms with Crippen molar-refractivity contribution in [2.24, 2.45) is 0 Å². The molecule has 1 rings (SSSR count). The molecule has 1 aromatic carbocycles. The van der Waals surface area contributed by atoms with Crippen LogP contribution in [-0.2, 0) is 17.3 Å². The van der Waals surface area contributed by atoms with Gasteiger partial charge in [-0.2, -0.15) is 0 Å². The van der Waals surface area contributed by atoms with Crippen LogP contribution in [0.25, 0.3) is 0 Å². The molecule has 3 nitrogen and oxygen atoms in total. The molecule has 0 fully saturated rings. The highest BCUT2D eigenvalue weighted by Crippen LogP contribution is 2.32. The van der Waals surface area contributed by atoms with Gasteiger partial charge in [0.05, 0.1) is 0 Å². The van der Waals surface area contributed by atoms with E-state index in [1.807, 2.05) is 0 Å². The van der Waals surface area contributed by atoms with Gasteiger partial charge < -0.3 is 14.7 Å². The van der Waals surface area contributed by atoms with Crippen molar-refractivity contribution in [2.75, 3.05) is 0 Å². The third-order valence-corrected chi connectivity index (χ3v) is 3.58. The molecule has 0 radical (unpaired) electrons. The summed E-state index contributed by atoms with van der Waals surface area (Å²) in [4.78, 5) is 21.7. The van der Waals surface area contributed by atoms with Crippen LogP contribution < -0.4 is 0 Å². The maximum absolute atomic E-state index is 7.23. The fraction of sp³-hybridized carbons (Fsp3) is 0.667. The number of rotatable bonds is 3. The summed E-state index contributed by atoms with van der Waals surface area (Å²) in [7, 11) is -2.62. The Labute approximate surface area is 137 Å². The third kappa shape index (κ3) is 8.24. The number of benzene rings is 1. The number of unbranched alkanes of at least 4 members (excludes halogenated alkanes) is 1. The van der Waals surface area contributed by atoms with Gasteiger partial charge in [-0.15, -0.1) is 0 Å². The minimum Gasteiger partial charge on any atom is -0.328 e. The van der Waals surface area contributed by atoms with Gasteiger partial charge in [0.1, 0.15) is 0 Å². The lowest BCUT2D eigenvalue weighted by atomic mass is 9.78. The van der Waals surface area contributed by atoms with Crippen LogP contribution in [0.2, 0.25) is 0 Å². The first-order valence-corrected chi connectivity index (χ1v) is 9.10. The highest BCUT2D eigenvalue weighted by Gasteiger charge is 2.21. The zero-order valence-corrected chi connectivity index (χ0v) is 16.0. The normalized spacial score (nSPS) is 12.1. The molecule has 0 aliphatic rings. The summed E-state index contributed by atoms with van der Waals surface area (Å²) in [5.74, 6) is 0. The fourth-order valence-corrected chi connectivity index (χ4v) is 2.33. The largest absolute Gasteiger partial charge is 0.328 e. The highest BCUT2D eigenvalue weighted by molar-refractivity contribution is 7.38. The molecule has 0 saturated carbocycles. The van der Waals surface area contributed by atoms with Crippen LogP contribution in [0, 0.1) is 0 Å². The first-order valence-electron chi connectivity index (χ1n) is 7.90. The van der Waals surface area contributed by atoms with Crippen LogP contribution in [0.3, 0.4) is 0 Å². The summed E-state index contributed by atoms with van der Waals surface area (Å²) in [6, 6.07) is 7.11. The summed E-state index contributed by atoms with van der Waals surface area (Å²) < 4.78 is 0. The molecular formula is C18H33O3P. The van der Waals surface area contributed by atoms with Crippen molar-refractivity contribution in [3.63, 3.8) is 0 Å². The molecule has 0 unspecified atom stereocenters. The van der Waals surface area contributed by atoms with E-state index in [9.17, 15) is 0 Å². The predicted molar refractivity (Wildman–Crippen MR) is 96.0 cm³/mol. The predicted octanol–water partition coefficient (Wildman–Crippen LogP) is 4.81. The van der Waals surface area contributed by atoms with Gasteiger partial charge in [0, 0.05) is 0 Å². The third-order valence-electron chi connectivity index (χ3n) is 3.58. The molecule has 4 heteroatoms. The Morgan fingerprint density at radius 2 is 1.41 bits per heavy atom. The summed E-state index contributed by atoms with van der Waals surface area (Å²) in [6.45, 7) is 16.1. The maximum Gasteiger partial charge on any atom is 0.324 e. The van der Waals surface area contributed by atoms with E-state index in [0.29, 0.717) is 0 Å². The van der Waals surface area contributed by atoms with Crippen LogP contribution >= 0.6 is 8.60 Å². The van der Waals surface area contributed by atoms with E-state index in [1.165, 1.54) is 36.0 Å². The summed E-state index contributed by atoms with van der Waals surface area (Å²) in [5, 5.41) is 0. The lowest BCUT2D eigenvalue weighted by molar-refractivity contribution is 0.368. The molecule has 128 valence electrons. The van der Waals surface area contributed by atoms with Crippen molar-refractivity contribution >= 4 is 8.60 Å². The van der Waals surface area contributed by atoms with E-state index in [-0.39, 0.29) is 10.8 Å². The van der Waals surface area contributed by atoms with Crippen molar-refractivity contribution in [2.45, 2.75) is 78.6 Å². The quantitative estimate of drug-likeness (QED) is 0.698. The number of hydrogen-bond donors (Lipinski definition) is 3. The Bertz CT molecular complexity index is 440. The second-order valence-electron chi connectivity index (χ2n) is 7.74. The van der Waals surface area contributed by atoms with Crippen LogP contribution in [0.4, 0.5) is 0 Å². The van der Waals surface area contributed by atoms with Crippen LogP contribution in [-0.4, -0.2) is 14.7 Å². The average molecular weight is 328 g/mol. The molecule has 0 atom stereocenters. The van der Waals surface area contributed by atoms with Gasteiger partial charge in [-0.1, -0.05) is 73.1 Å². The minimum atomic E-state index is -2.62. The van der Waals surface area contributed by atoms with Gasteiger partial charge in [0.2, 0.25) is 0 Å². The molecule has 0 aromatic heterocycles. The van der Waals surface area contributed by atoms with Gasteiger partial charge in [-0.25, -0.2) is 0 Å². The van der Waals surface area contributed by atoms with E-state index in [4.69, 9.17) is 14.7 Å². The lowest BCUT2D eigenvalue weighted by Crippen LogP contribution is -2.18. The molecule has 0 aliphatic carbocycles. The van der Waals surface area contributed by atoms with E-state index in [2.05, 4.69) is 66.7 Å². The van der Waals surface area contributed by atoms with Crippen molar-refractivity contribution in [1.29, 1.82) is 0 Å². The van der Waals surface area contributed by atoms with Gasteiger partial charge in [-0.3, -0.25) is 0 Å². The zero-order chi connectivity index (χ0) is 17.6. The minimum absolute atomic E-state index is 0.239. The monoisotopic (exact) mass is 328 g/mol. The Balaban J connectivity index is 0.000000980. The van der Waals surface area contributed by atoms with Gasteiger partial charge in [-0.05, 0) is 40.4 Å². The topological polar surface area (TPSA) is 60.7 Å². The van der Waals surface area contributed by atoms with Crippen molar-refractivity contribution in [1.82, 2.24) is 0 Å². The second kappa shape index (κ2) is 8.98. The summed E-state index contributed by atoms with van der Waals surface area (Å²) in [6.07, 6.45) is 3.77. The SMILES string of the molecule is CCCCc1ccc(C(C)(C)C)cc1C(C)(C)C.OP(O)O. The highest BCUT2D eigenvalue weighted by atomic mass is 31.2. The number of aryl methyl sites for hydroxylation is 1. The maximum atomic E-state index is 7.23. The summed E-state index contributed by atoms with van der Waals surface area (Å²) >= 11 is 0. The average Bonchev–Trinajstić information content (AvgIpc) is 2.33. The van der Waals surface area contributed by atoms with Gasteiger partial charge in [0.15, 0.2) is 0 Å². The van der Waals surface area contributed by atoms with Crippen LogP contribution in [0.1, 0.15) is 78.0 Å². The smallest absolute Gasteiger partial charge is 0.324 e. The number of hydrogen-bond acceptors (Lipinski definition) is 3. The molecular weight excluding hydrogens is 295 g/mol.